The number of aryl methyl sites for hydroxylation is 3. The molecule has 0 spiro atoms. The molecular weight excluding hydrogens is 276 g/mol. The Labute approximate surface area is 130 Å². The van der Waals surface area contributed by atoms with E-state index in [1.807, 2.05) is 32.9 Å². The van der Waals surface area contributed by atoms with Crippen LogP contribution in [-0.2, 0) is 4.74 Å². The quantitative estimate of drug-likeness (QED) is 0.632. The van der Waals surface area contributed by atoms with E-state index in [9.17, 15) is 9.59 Å². The molecule has 0 aliphatic carbocycles. The summed E-state index contributed by atoms with van der Waals surface area (Å²) in [4.78, 5) is 25.0. The van der Waals surface area contributed by atoms with E-state index in [0.29, 0.717) is 16.7 Å². The number of hydrogen-bond acceptors (Lipinski definition) is 3. The number of carbonyl (C=O) groups is 2. The molecular formula is C19H20O3. The molecule has 22 heavy (non-hydrogen) atoms. The molecule has 2 rings (SSSR count). The van der Waals surface area contributed by atoms with Crippen LogP contribution in [0.25, 0.3) is 0 Å². The van der Waals surface area contributed by atoms with Crippen molar-refractivity contribution in [3.05, 3.63) is 69.8 Å². The number of benzene rings is 2. The zero-order valence-electron chi connectivity index (χ0n) is 13.4. The van der Waals surface area contributed by atoms with E-state index in [4.69, 9.17) is 4.74 Å². The summed E-state index contributed by atoms with van der Waals surface area (Å²) < 4.78 is 5.04. The predicted molar refractivity (Wildman–Crippen MR) is 86.5 cm³/mol. The average molecular weight is 296 g/mol. The van der Waals surface area contributed by atoms with Crippen LogP contribution in [0.1, 0.15) is 49.9 Å². The lowest BCUT2D eigenvalue weighted by atomic mass is 9.91. The summed E-state index contributed by atoms with van der Waals surface area (Å²) in [5, 5.41) is 0. The summed E-state index contributed by atoms with van der Waals surface area (Å²) in [7, 11) is 0. The van der Waals surface area contributed by atoms with Gasteiger partial charge >= 0.3 is 5.97 Å². The molecule has 0 amide bonds. The fraction of sp³-hybridized carbons (Fsp3) is 0.263. The van der Waals surface area contributed by atoms with Gasteiger partial charge in [0.25, 0.3) is 0 Å². The molecule has 0 aliphatic heterocycles. The smallest absolute Gasteiger partial charge is 0.338 e. The highest BCUT2D eigenvalue weighted by atomic mass is 16.5. The molecule has 2 aromatic carbocycles. The van der Waals surface area contributed by atoms with Crippen LogP contribution in [0.2, 0.25) is 0 Å². The maximum Gasteiger partial charge on any atom is 0.338 e. The monoisotopic (exact) mass is 296 g/mol. The van der Waals surface area contributed by atoms with Crippen LogP contribution >= 0.6 is 0 Å². The maximum absolute atomic E-state index is 12.9. The number of esters is 1. The molecule has 3 heteroatoms. The molecule has 0 heterocycles. The van der Waals surface area contributed by atoms with Gasteiger partial charge in [0.1, 0.15) is 0 Å². The van der Waals surface area contributed by atoms with Gasteiger partial charge in [-0.05, 0) is 44.9 Å². The SMILES string of the molecule is CCOC(=O)c1ccccc1C(=O)c1c(C)cc(C)cc1C. The number of hydrogen-bond donors (Lipinski definition) is 0. The lowest BCUT2D eigenvalue weighted by molar-refractivity contribution is 0.0523. The van der Waals surface area contributed by atoms with Gasteiger partial charge < -0.3 is 4.74 Å². The van der Waals surface area contributed by atoms with Gasteiger partial charge in [-0.15, -0.1) is 0 Å². The minimum Gasteiger partial charge on any atom is -0.462 e. The van der Waals surface area contributed by atoms with Crippen molar-refractivity contribution >= 4 is 11.8 Å². The Morgan fingerprint density at radius 3 is 2.05 bits per heavy atom. The Kier molecular flexibility index (Phi) is 4.76. The van der Waals surface area contributed by atoms with E-state index in [-0.39, 0.29) is 12.4 Å². The molecule has 0 N–H and O–H groups in total. The van der Waals surface area contributed by atoms with Gasteiger partial charge in [0.15, 0.2) is 5.78 Å². The molecule has 114 valence electrons. The van der Waals surface area contributed by atoms with Crippen LogP contribution in [0, 0.1) is 20.8 Å². The van der Waals surface area contributed by atoms with E-state index in [0.717, 1.165) is 16.7 Å². The van der Waals surface area contributed by atoms with Gasteiger partial charge in [-0.1, -0.05) is 35.9 Å². The highest BCUT2D eigenvalue weighted by Gasteiger charge is 2.21. The fourth-order valence-corrected chi connectivity index (χ4v) is 2.74. The molecule has 0 aliphatic rings. The molecule has 3 nitrogen and oxygen atoms in total. The number of ketones is 1. The minimum atomic E-state index is -0.464. The summed E-state index contributed by atoms with van der Waals surface area (Å²) in [6.45, 7) is 7.86. The molecule has 0 saturated carbocycles. The second-order valence-corrected chi connectivity index (χ2v) is 5.37. The van der Waals surface area contributed by atoms with Crippen molar-refractivity contribution in [3.63, 3.8) is 0 Å². The van der Waals surface area contributed by atoms with Crippen molar-refractivity contribution in [2.45, 2.75) is 27.7 Å². The van der Waals surface area contributed by atoms with Crippen molar-refractivity contribution in [3.8, 4) is 0 Å². The van der Waals surface area contributed by atoms with E-state index >= 15 is 0 Å². The third kappa shape index (κ3) is 3.08. The number of ether oxygens (including phenoxy) is 1. The van der Waals surface area contributed by atoms with E-state index < -0.39 is 5.97 Å². The minimum absolute atomic E-state index is 0.140. The number of rotatable bonds is 4. The summed E-state index contributed by atoms with van der Waals surface area (Å²) in [6, 6.07) is 10.8. The van der Waals surface area contributed by atoms with Gasteiger partial charge in [-0.2, -0.15) is 0 Å². The van der Waals surface area contributed by atoms with Crippen LogP contribution in [0.4, 0.5) is 0 Å². The van der Waals surface area contributed by atoms with Crippen molar-refractivity contribution in [2.75, 3.05) is 6.61 Å². The first-order valence-corrected chi connectivity index (χ1v) is 7.34. The summed E-state index contributed by atoms with van der Waals surface area (Å²) in [6.07, 6.45) is 0. The summed E-state index contributed by atoms with van der Waals surface area (Å²) in [5.41, 5.74) is 4.31. The Morgan fingerprint density at radius 1 is 0.955 bits per heavy atom. The summed E-state index contributed by atoms with van der Waals surface area (Å²) >= 11 is 0. The van der Waals surface area contributed by atoms with Gasteiger partial charge in [0.05, 0.1) is 12.2 Å². The van der Waals surface area contributed by atoms with Gasteiger partial charge in [0, 0.05) is 11.1 Å². The molecule has 0 atom stereocenters. The largest absolute Gasteiger partial charge is 0.462 e. The van der Waals surface area contributed by atoms with E-state index in [1.165, 1.54) is 0 Å². The Hall–Kier alpha value is -2.42. The lowest BCUT2D eigenvalue weighted by Crippen LogP contribution is -2.14. The number of carbonyl (C=O) groups excluding carboxylic acids is 2. The average Bonchev–Trinajstić information content (AvgIpc) is 2.46. The van der Waals surface area contributed by atoms with E-state index in [2.05, 4.69) is 0 Å². The summed E-state index contributed by atoms with van der Waals surface area (Å²) in [5.74, 6) is -0.604. The Morgan fingerprint density at radius 2 is 1.50 bits per heavy atom. The highest BCUT2D eigenvalue weighted by molar-refractivity contribution is 6.15. The molecule has 0 radical (unpaired) electrons. The molecule has 0 saturated heterocycles. The molecule has 2 aromatic rings. The van der Waals surface area contributed by atoms with E-state index in [1.54, 1.807) is 31.2 Å². The Balaban J connectivity index is 2.54. The van der Waals surface area contributed by atoms with Crippen molar-refractivity contribution in [1.82, 2.24) is 0 Å². The third-order valence-corrected chi connectivity index (χ3v) is 3.57. The van der Waals surface area contributed by atoms with Crippen LogP contribution in [0.5, 0.6) is 0 Å². The normalized spacial score (nSPS) is 10.4. The molecule has 0 unspecified atom stereocenters. The zero-order chi connectivity index (χ0) is 16.3. The first kappa shape index (κ1) is 16.0. The molecule has 0 fully saturated rings. The van der Waals surface area contributed by atoms with Crippen LogP contribution < -0.4 is 0 Å². The van der Waals surface area contributed by atoms with Gasteiger partial charge in [-0.25, -0.2) is 4.79 Å². The first-order chi connectivity index (χ1) is 10.5. The second-order valence-electron chi connectivity index (χ2n) is 5.37. The first-order valence-electron chi connectivity index (χ1n) is 7.34. The fourth-order valence-electron chi connectivity index (χ4n) is 2.74. The van der Waals surface area contributed by atoms with Gasteiger partial charge in [0.2, 0.25) is 0 Å². The topological polar surface area (TPSA) is 43.4 Å². The van der Waals surface area contributed by atoms with Crippen LogP contribution in [-0.4, -0.2) is 18.4 Å². The second kappa shape index (κ2) is 6.56. The van der Waals surface area contributed by atoms with Crippen LogP contribution in [0.15, 0.2) is 36.4 Å². The van der Waals surface area contributed by atoms with Crippen molar-refractivity contribution in [1.29, 1.82) is 0 Å². The molecule has 0 bridgehead atoms. The maximum atomic E-state index is 12.9. The predicted octanol–water partition coefficient (Wildman–Crippen LogP) is 4.02. The van der Waals surface area contributed by atoms with Crippen molar-refractivity contribution in [2.24, 2.45) is 0 Å². The zero-order valence-corrected chi connectivity index (χ0v) is 13.4. The third-order valence-electron chi connectivity index (χ3n) is 3.57. The highest BCUT2D eigenvalue weighted by Crippen LogP contribution is 2.22. The van der Waals surface area contributed by atoms with Crippen molar-refractivity contribution < 1.29 is 14.3 Å². The van der Waals surface area contributed by atoms with Crippen LogP contribution in [0.3, 0.4) is 0 Å². The lowest BCUT2D eigenvalue weighted by Gasteiger charge is -2.13. The Bertz CT molecular complexity index is 706. The van der Waals surface area contributed by atoms with Gasteiger partial charge in [-0.3, -0.25) is 4.79 Å². The standard InChI is InChI=1S/C19H20O3/c1-5-22-19(21)16-9-7-6-8-15(16)18(20)17-13(3)10-12(2)11-14(17)4/h6-11H,5H2,1-4H3. The molecule has 0 aromatic heterocycles.